The number of fused-ring (bicyclic) bond motifs is 1. The van der Waals surface area contributed by atoms with Gasteiger partial charge in [0, 0.05) is 40.4 Å². The molecule has 1 N–H and O–H groups in total. The number of carbonyl (C=O) groups is 1. The van der Waals surface area contributed by atoms with E-state index >= 15 is 0 Å². The number of anilines is 1. The summed E-state index contributed by atoms with van der Waals surface area (Å²) in [5.41, 5.74) is 0.723. The summed E-state index contributed by atoms with van der Waals surface area (Å²) in [5, 5.41) is 5.65. The van der Waals surface area contributed by atoms with Gasteiger partial charge in [-0.3, -0.25) is 4.79 Å². The highest BCUT2D eigenvalue weighted by atomic mass is 35.5. The van der Waals surface area contributed by atoms with Crippen molar-refractivity contribution in [3.8, 4) is 5.75 Å². The third kappa shape index (κ3) is 4.78. The van der Waals surface area contributed by atoms with E-state index in [0.717, 1.165) is 32.9 Å². The maximum Gasteiger partial charge on any atom is 0.234 e. The molecule has 0 aliphatic carbocycles. The second-order valence-corrected chi connectivity index (χ2v) is 8.12. The van der Waals surface area contributed by atoms with Crippen molar-refractivity contribution in [3.63, 3.8) is 0 Å². The fraction of sp³-hybridized carbons (Fsp3) is 0.130. The molecule has 0 saturated carbocycles. The summed E-state index contributed by atoms with van der Waals surface area (Å²) in [5.74, 6) is 1.78. The van der Waals surface area contributed by atoms with Crippen molar-refractivity contribution in [2.24, 2.45) is 7.05 Å². The number of aromatic nitrogens is 2. The van der Waals surface area contributed by atoms with Crippen LogP contribution in [0.25, 0.3) is 10.8 Å². The summed E-state index contributed by atoms with van der Waals surface area (Å²) in [6.45, 7) is 0.388. The second-order valence-electron chi connectivity index (χ2n) is 6.70. The van der Waals surface area contributed by atoms with E-state index in [-0.39, 0.29) is 5.91 Å². The highest BCUT2D eigenvalue weighted by Gasteiger charge is 2.09. The Balaban J connectivity index is 1.33. The third-order valence-electron chi connectivity index (χ3n) is 4.60. The van der Waals surface area contributed by atoms with Gasteiger partial charge >= 0.3 is 0 Å². The average molecular weight is 438 g/mol. The molecule has 3 aromatic carbocycles. The highest BCUT2D eigenvalue weighted by Crippen LogP contribution is 2.33. The Hall–Kier alpha value is -2.96. The van der Waals surface area contributed by atoms with Gasteiger partial charge in [-0.15, -0.1) is 11.8 Å². The molecule has 0 bridgehead atoms. The molecule has 4 rings (SSSR count). The van der Waals surface area contributed by atoms with Crippen LogP contribution in [0.4, 0.5) is 5.69 Å². The van der Waals surface area contributed by atoms with Gasteiger partial charge < -0.3 is 14.6 Å². The number of amides is 1. The van der Waals surface area contributed by atoms with E-state index in [1.54, 1.807) is 6.20 Å². The van der Waals surface area contributed by atoms with Gasteiger partial charge in [-0.05, 0) is 41.8 Å². The lowest BCUT2D eigenvalue weighted by molar-refractivity contribution is -0.113. The zero-order valence-corrected chi connectivity index (χ0v) is 17.9. The van der Waals surface area contributed by atoms with Gasteiger partial charge in [-0.2, -0.15) is 0 Å². The number of ether oxygens (including phenoxy) is 1. The Kier molecular flexibility index (Phi) is 6.26. The van der Waals surface area contributed by atoms with E-state index in [9.17, 15) is 4.79 Å². The smallest absolute Gasteiger partial charge is 0.234 e. The summed E-state index contributed by atoms with van der Waals surface area (Å²) in [6.07, 6.45) is 3.61. The van der Waals surface area contributed by atoms with E-state index in [1.165, 1.54) is 11.8 Å². The molecule has 0 radical (unpaired) electrons. The normalized spacial score (nSPS) is 10.9. The summed E-state index contributed by atoms with van der Waals surface area (Å²) < 4.78 is 7.65. The van der Waals surface area contributed by atoms with E-state index in [2.05, 4.69) is 10.3 Å². The molecule has 0 fully saturated rings. The Morgan fingerprint density at radius 1 is 1.13 bits per heavy atom. The van der Waals surface area contributed by atoms with Crippen LogP contribution in [0.5, 0.6) is 5.75 Å². The molecular weight excluding hydrogens is 418 g/mol. The lowest BCUT2D eigenvalue weighted by Crippen LogP contribution is -2.13. The lowest BCUT2D eigenvalue weighted by Gasteiger charge is -2.10. The van der Waals surface area contributed by atoms with Crippen molar-refractivity contribution < 1.29 is 9.53 Å². The van der Waals surface area contributed by atoms with E-state index in [4.69, 9.17) is 16.3 Å². The molecule has 0 saturated heterocycles. The number of nitrogens with zero attached hydrogens (tertiary/aromatic N) is 2. The molecule has 30 heavy (non-hydrogen) atoms. The molecule has 152 valence electrons. The van der Waals surface area contributed by atoms with Gasteiger partial charge in [0.25, 0.3) is 0 Å². The van der Waals surface area contributed by atoms with Crippen LogP contribution in [0, 0.1) is 0 Å². The molecular formula is C23H20ClN3O2S. The van der Waals surface area contributed by atoms with Crippen LogP contribution >= 0.6 is 23.4 Å². The van der Waals surface area contributed by atoms with Crippen LogP contribution in [-0.4, -0.2) is 21.2 Å². The monoisotopic (exact) mass is 437 g/mol. The summed E-state index contributed by atoms with van der Waals surface area (Å²) >= 11 is 7.83. The van der Waals surface area contributed by atoms with E-state index in [0.29, 0.717) is 17.4 Å². The summed E-state index contributed by atoms with van der Waals surface area (Å²) in [7, 11) is 1.93. The number of halogens is 1. The summed E-state index contributed by atoms with van der Waals surface area (Å²) in [4.78, 5) is 17.6. The first kappa shape index (κ1) is 20.3. The maximum absolute atomic E-state index is 12.4. The minimum Gasteiger partial charge on any atom is -0.486 e. The number of imidazole rings is 1. The first-order valence-electron chi connectivity index (χ1n) is 9.39. The highest BCUT2D eigenvalue weighted by molar-refractivity contribution is 8.00. The van der Waals surface area contributed by atoms with Crippen LogP contribution in [-0.2, 0) is 18.4 Å². The van der Waals surface area contributed by atoms with Crippen LogP contribution in [0.15, 0.2) is 78.0 Å². The quantitative estimate of drug-likeness (QED) is 0.386. The predicted molar refractivity (Wildman–Crippen MR) is 122 cm³/mol. The molecule has 0 atom stereocenters. The van der Waals surface area contributed by atoms with Crippen LogP contribution < -0.4 is 10.1 Å². The number of benzene rings is 3. The molecule has 1 amide bonds. The maximum atomic E-state index is 12.4. The number of nitrogens with one attached hydrogen (secondary N) is 1. The van der Waals surface area contributed by atoms with Crippen LogP contribution in [0.2, 0.25) is 5.02 Å². The topological polar surface area (TPSA) is 56.1 Å². The van der Waals surface area contributed by atoms with Gasteiger partial charge in [0.15, 0.2) is 0 Å². The number of aryl methyl sites for hydroxylation is 1. The van der Waals surface area contributed by atoms with Gasteiger partial charge in [-0.1, -0.05) is 35.9 Å². The van der Waals surface area contributed by atoms with Crippen molar-refractivity contribution in [1.29, 1.82) is 0 Å². The summed E-state index contributed by atoms with van der Waals surface area (Å²) in [6, 6.07) is 19.1. The average Bonchev–Trinajstić information content (AvgIpc) is 3.16. The zero-order valence-electron chi connectivity index (χ0n) is 16.3. The standard InChI is InChI=1S/C23H20ClN3O2S/c1-27-13-12-25-21(27)14-29-18-10-8-17(9-11-18)26-22(28)15-30-20-7-3-5-16-4-2-6-19(24)23(16)20/h2-13H,14-15H2,1H3,(H,26,28). The fourth-order valence-corrected chi connectivity index (χ4v) is 4.29. The minimum atomic E-state index is -0.0780. The SMILES string of the molecule is Cn1ccnc1COc1ccc(NC(=O)CSc2cccc3cccc(Cl)c23)cc1. The van der Waals surface area contributed by atoms with E-state index in [1.807, 2.05) is 78.5 Å². The largest absolute Gasteiger partial charge is 0.486 e. The zero-order chi connectivity index (χ0) is 20.9. The molecule has 0 unspecified atom stereocenters. The molecule has 5 nitrogen and oxygen atoms in total. The predicted octanol–water partition coefficient (Wildman–Crippen LogP) is 5.54. The molecule has 7 heteroatoms. The molecule has 4 aromatic rings. The van der Waals surface area contributed by atoms with E-state index < -0.39 is 0 Å². The van der Waals surface area contributed by atoms with Gasteiger partial charge in [0.1, 0.15) is 18.2 Å². The Labute approximate surface area is 184 Å². The number of carbonyl (C=O) groups excluding carboxylic acids is 1. The van der Waals surface area contributed by atoms with Crippen LogP contribution in [0.3, 0.4) is 0 Å². The third-order valence-corrected chi connectivity index (χ3v) is 5.97. The molecule has 1 aromatic heterocycles. The van der Waals surface area contributed by atoms with Gasteiger partial charge in [-0.25, -0.2) is 4.98 Å². The number of hydrogen-bond donors (Lipinski definition) is 1. The molecule has 1 heterocycles. The second kappa shape index (κ2) is 9.24. The molecule has 0 aliphatic heterocycles. The minimum absolute atomic E-state index is 0.0780. The van der Waals surface area contributed by atoms with Crippen molar-refractivity contribution in [2.45, 2.75) is 11.5 Å². The van der Waals surface area contributed by atoms with Gasteiger partial charge in [0.05, 0.1) is 5.75 Å². The Bertz CT molecular complexity index is 1170. The molecule has 0 spiro atoms. The first-order chi connectivity index (χ1) is 14.6. The Morgan fingerprint density at radius 3 is 2.63 bits per heavy atom. The van der Waals surface area contributed by atoms with Crippen molar-refractivity contribution >= 4 is 45.7 Å². The number of rotatable bonds is 7. The molecule has 0 aliphatic rings. The van der Waals surface area contributed by atoms with Crippen molar-refractivity contribution in [1.82, 2.24) is 9.55 Å². The van der Waals surface area contributed by atoms with Crippen molar-refractivity contribution in [3.05, 3.63) is 83.9 Å². The van der Waals surface area contributed by atoms with Crippen LogP contribution in [0.1, 0.15) is 5.82 Å². The van der Waals surface area contributed by atoms with Crippen molar-refractivity contribution in [2.75, 3.05) is 11.1 Å². The van der Waals surface area contributed by atoms with Gasteiger partial charge in [0.2, 0.25) is 5.91 Å². The Morgan fingerprint density at radius 2 is 1.90 bits per heavy atom. The number of thioether (sulfide) groups is 1. The first-order valence-corrected chi connectivity index (χ1v) is 10.8. The lowest BCUT2D eigenvalue weighted by atomic mass is 10.1. The number of hydrogen-bond acceptors (Lipinski definition) is 4. The fourth-order valence-electron chi connectivity index (χ4n) is 3.04.